The Kier molecular flexibility index (Phi) is 6.91. The lowest BCUT2D eigenvalue weighted by Gasteiger charge is -2.32. The first-order chi connectivity index (χ1) is 16.9. The van der Waals surface area contributed by atoms with Gasteiger partial charge in [-0.15, -0.1) is 0 Å². The SMILES string of the molecule is COc1ccc2[nH]c(OCc3ccc(C(C)(OC=O)C(=O)N(C)Nc4ccccc4)cc3)cc2c1. The highest BCUT2D eigenvalue weighted by molar-refractivity contribution is 5.88. The summed E-state index contributed by atoms with van der Waals surface area (Å²) in [5.74, 6) is 0.986. The molecule has 0 aliphatic heterocycles. The molecule has 35 heavy (non-hydrogen) atoms. The Morgan fingerprint density at radius 3 is 2.49 bits per heavy atom. The van der Waals surface area contributed by atoms with Gasteiger partial charge in [-0.2, -0.15) is 0 Å². The molecule has 0 spiro atoms. The maximum absolute atomic E-state index is 13.2. The van der Waals surface area contributed by atoms with E-state index in [4.69, 9.17) is 14.2 Å². The molecular weight excluding hydrogens is 446 g/mol. The molecule has 1 aromatic heterocycles. The number of fused-ring (bicyclic) bond motifs is 1. The summed E-state index contributed by atoms with van der Waals surface area (Å²) in [6.07, 6.45) is 0. The fraction of sp³-hybridized carbons (Fsp3) is 0.185. The third-order valence-corrected chi connectivity index (χ3v) is 5.77. The van der Waals surface area contributed by atoms with Crippen LogP contribution in [0.5, 0.6) is 11.6 Å². The predicted molar refractivity (Wildman–Crippen MR) is 133 cm³/mol. The van der Waals surface area contributed by atoms with Crippen LogP contribution in [0.4, 0.5) is 5.69 Å². The number of ether oxygens (including phenoxy) is 3. The minimum atomic E-state index is -1.51. The number of aromatic nitrogens is 1. The fourth-order valence-electron chi connectivity index (χ4n) is 3.78. The zero-order valence-electron chi connectivity index (χ0n) is 19.8. The Bertz CT molecular complexity index is 1300. The maximum Gasteiger partial charge on any atom is 0.294 e. The van der Waals surface area contributed by atoms with Crippen LogP contribution >= 0.6 is 0 Å². The number of para-hydroxylation sites is 1. The quantitative estimate of drug-likeness (QED) is 0.258. The lowest BCUT2D eigenvalue weighted by Crippen LogP contribution is -2.47. The molecule has 0 aliphatic carbocycles. The van der Waals surface area contributed by atoms with E-state index in [1.165, 1.54) is 5.01 Å². The standard InChI is InChI=1S/C27H27N3O5/c1-27(35-18-31,26(32)30(2)29-22-7-5-4-6-8-22)21-11-9-19(10-12-21)17-34-25-16-20-15-23(33-3)13-14-24(20)28-25/h4-16,18,28-29H,17H2,1-3H3. The van der Waals surface area contributed by atoms with Gasteiger partial charge in [-0.3, -0.25) is 20.0 Å². The predicted octanol–water partition coefficient (Wildman–Crippen LogP) is 4.63. The second-order valence-corrected chi connectivity index (χ2v) is 8.16. The second-order valence-electron chi connectivity index (χ2n) is 8.16. The van der Waals surface area contributed by atoms with Crippen LogP contribution in [0.1, 0.15) is 18.1 Å². The van der Waals surface area contributed by atoms with Crippen LogP contribution < -0.4 is 14.9 Å². The molecule has 1 unspecified atom stereocenters. The average Bonchev–Trinajstić information content (AvgIpc) is 3.30. The Morgan fingerprint density at radius 2 is 1.80 bits per heavy atom. The molecule has 0 saturated heterocycles. The Hall–Kier alpha value is -4.46. The molecule has 4 aromatic rings. The van der Waals surface area contributed by atoms with Crippen LogP contribution in [0.3, 0.4) is 0 Å². The highest BCUT2D eigenvalue weighted by Crippen LogP contribution is 2.29. The highest BCUT2D eigenvalue weighted by Gasteiger charge is 2.40. The summed E-state index contributed by atoms with van der Waals surface area (Å²) in [7, 11) is 3.21. The van der Waals surface area contributed by atoms with Gasteiger partial charge >= 0.3 is 0 Å². The number of hydrogen-bond donors (Lipinski definition) is 2. The van der Waals surface area contributed by atoms with Crippen LogP contribution in [0, 0.1) is 0 Å². The summed E-state index contributed by atoms with van der Waals surface area (Å²) >= 11 is 0. The molecule has 1 heterocycles. The number of anilines is 1. The lowest BCUT2D eigenvalue weighted by molar-refractivity contribution is -0.162. The van der Waals surface area contributed by atoms with Crippen molar-refractivity contribution in [2.45, 2.75) is 19.1 Å². The number of aromatic amines is 1. The zero-order chi connectivity index (χ0) is 24.8. The molecule has 0 aliphatic rings. The average molecular weight is 474 g/mol. The monoisotopic (exact) mass is 473 g/mol. The van der Waals surface area contributed by atoms with E-state index < -0.39 is 11.5 Å². The molecule has 2 N–H and O–H groups in total. The van der Waals surface area contributed by atoms with Gasteiger partial charge < -0.3 is 19.2 Å². The maximum atomic E-state index is 13.2. The van der Waals surface area contributed by atoms with Crippen LogP contribution in [0.2, 0.25) is 0 Å². The molecule has 0 saturated carbocycles. The van der Waals surface area contributed by atoms with E-state index >= 15 is 0 Å². The second kappa shape index (κ2) is 10.2. The van der Waals surface area contributed by atoms with Crippen molar-refractivity contribution in [3.05, 3.63) is 90.0 Å². The van der Waals surface area contributed by atoms with E-state index in [0.717, 1.165) is 27.9 Å². The number of H-pyrrole nitrogens is 1. The molecule has 0 fully saturated rings. The zero-order valence-corrected chi connectivity index (χ0v) is 19.8. The summed E-state index contributed by atoms with van der Waals surface area (Å²) in [6.45, 7) is 2.17. The van der Waals surface area contributed by atoms with Gasteiger partial charge in [-0.25, -0.2) is 0 Å². The van der Waals surface area contributed by atoms with E-state index in [1.807, 2.05) is 66.7 Å². The smallest absolute Gasteiger partial charge is 0.294 e. The minimum absolute atomic E-state index is 0.288. The molecule has 1 amide bonds. The molecule has 8 heteroatoms. The number of amides is 1. The molecular formula is C27H27N3O5. The molecule has 1 atom stereocenters. The first-order valence-corrected chi connectivity index (χ1v) is 11.0. The van der Waals surface area contributed by atoms with Crippen molar-refractivity contribution in [3.8, 4) is 11.6 Å². The Labute approximate surface area is 203 Å². The first kappa shape index (κ1) is 23.7. The van der Waals surface area contributed by atoms with Gasteiger partial charge in [0.1, 0.15) is 12.4 Å². The van der Waals surface area contributed by atoms with Gasteiger partial charge in [0.05, 0.1) is 12.8 Å². The molecule has 0 radical (unpaired) electrons. The van der Waals surface area contributed by atoms with E-state index in [-0.39, 0.29) is 6.47 Å². The number of carbonyl (C=O) groups excluding carboxylic acids is 2. The van der Waals surface area contributed by atoms with Gasteiger partial charge in [0.15, 0.2) is 5.88 Å². The number of nitrogens with zero attached hydrogens (tertiary/aromatic N) is 1. The molecule has 8 nitrogen and oxygen atoms in total. The minimum Gasteiger partial charge on any atom is -0.497 e. The van der Waals surface area contributed by atoms with Gasteiger partial charge in [0.25, 0.3) is 12.4 Å². The van der Waals surface area contributed by atoms with Crippen molar-refractivity contribution in [1.29, 1.82) is 0 Å². The highest BCUT2D eigenvalue weighted by atomic mass is 16.5. The van der Waals surface area contributed by atoms with Crippen LogP contribution in [-0.4, -0.2) is 36.5 Å². The van der Waals surface area contributed by atoms with Crippen molar-refractivity contribution in [3.63, 3.8) is 0 Å². The topological polar surface area (TPSA) is 92.9 Å². The van der Waals surface area contributed by atoms with Gasteiger partial charge in [0.2, 0.25) is 5.60 Å². The van der Waals surface area contributed by atoms with Crippen molar-refractivity contribution >= 4 is 29.0 Å². The number of hydrazine groups is 1. The summed E-state index contributed by atoms with van der Waals surface area (Å²) in [5.41, 5.74) is 4.61. The van der Waals surface area contributed by atoms with Gasteiger partial charge in [0, 0.05) is 29.6 Å². The summed E-state index contributed by atoms with van der Waals surface area (Å²) in [4.78, 5) is 27.7. The Morgan fingerprint density at radius 1 is 1.06 bits per heavy atom. The number of rotatable bonds is 10. The summed E-state index contributed by atoms with van der Waals surface area (Å²) in [5, 5.41) is 2.30. The lowest BCUT2D eigenvalue weighted by atomic mass is 9.93. The summed E-state index contributed by atoms with van der Waals surface area (Å²) in [6, 6.07) is 24.1. The number of likely N-dealkylation sites (N-methyl/N-ethyl adjacent to an activating group) is 1. The third-order valence-electron chi connectivity index (χ3n) is 5.77. The number of methoxy groups -OCH3 is 1. The number of carbonyl (C=O) groups is 2. The number of nitrogens with one attached hydrogen (secondary N) is 2. The van der Waals surface area contributed by atoms with Crippen molar-refractivity contribution in [2.24, 2.45) is 0 Å². The third kappa shape index (κ3) is 5.22. The van der Waals surface area contributed by atoms with E-state index in [0.29, 0.717) is 18.1 Å². The fourth-order valence-corrected chi connectivity index (χ4v) is 3.78. The van der Waals surface area contributed by atoms with E-state index in [1.54, 1.807) is 33.2 Å². The summed E-state index contributed by atoms with van der Waals surface area (Å²) < 4.78 is 16.5. The van der Waals surface area contributed by atoms with Gasteiger partial charge in [-0.05, 0) is 42.8 Å². The van der Waals surface area contributed by atoms with Gasteiger partial charge in [-0.1, -0.05) is 42.5 Å². The first-order valence-electron chi connectivity index (χ1n) is 11.0. The van der Waals surface area contributed by atoms with E-state index in [9.17, 15) is 9.59 Å². The normalized spacial score (nSPS) is 12.4. The van der Waals surface area contributed by atoms with Crippen LogP contribution in [-0.2, 0) is 26.5 Å². The molecule has 180 valence electrons. The van der Waals surface area contributed by atoms with Crippen molar-refractivity contribution in [1.82, 2.24) is 9.99 Å². The molecule has 3 aromatic carbocycles. The van der Waals surface area contributed by atoms with Crippen molar-refractivity contribution < 1.29 is 23.8 Å². The number of hydrogen-bond acceptors (Lipinski definition) is 6. The largest absolute Gasteiger partial charge is 0.497 e. The number of benzene rings is 3. The molecule has 0 bridgehead atoms. The van der Waals surface area contributed by atoms with E-state index in [2.05, 4.69) is 10.4 Å². The van der Waals surface area contributed by atoms with Crippen LogP contribution in [0.15, 0.2) is 78.9 Å². The molecule has 4 rings (SSSR count). The Balaban J connectivity index is 1.45. The van der Waals surface area contributed by atoms with Crippen molar-refractivity contribution in [2.75, 3.05) is 19.6 Å². The van der Waals surface area contributed by atoms with Crippen LogP contribution in [0.25, 0.3) is 10.9 Å².